The lowest BCUT2D eigenvalue weighted by Gasteiger charge is -2.14. The van der Waals surface area contributed by atoms with Crippen LogP contribution in [0.25, 0.3) is 5.69 Å². The molecule has 1 aromatic carbocycles. The highest BCUT2D eigenvalue weighted by Gasteiger charge is 2.28. The minimum Gasteiger partial charge on any atom is -0.504 e. The van der Waals surface area contributed by atoms with Gasteiger partial charge in [-0.05, 0) is 37.1 Å². The Morgan fingerprint density at radius 3 is 2.91 bits per heavy atom. The van der Waals surface area contributed by atoms with Crippen LogP contribution in [0, 0.1) is 12.7 Å². The molecular weight excluding hydrogens is 287 g/mol. The number of aromatic nitrogens is 2. The number of hydrogen-bond acceptors (Lipinski definition) is 4. The Morgan fingerprint density at radius 2 is 2.27 bits per heavy atom. The Hall–Kier alpha value is -2.41. The van der Waals surface area contributed by atoms with E-state index >= 15 is 0 Å². The van der Waals surface area contributed by atoms with Gasteiger partial charge in [0.25, 0.3) is 5.91 Å². The summed E-state index contributed by atoms with van der Waals surface area (Å²) in [5.41, 5.74) is 7.04. The monoisotopic (exact) mass is 304 g/mol. The number of nitrogens with two attached hydrogens (primary N) is 1. The molecule has 3 N–H and O–H groups in total. The first-order chi connectivity index (χ1) is 10.5. The van der Waals surface area contributed by atoms with Crippen molar-refractivity contribution in [2.75, 3.05) is 13.1 Å². The van der Waals surface area contributed by atoms with Gasteiger partial charge in [0, 0.05) is 19.1 Å². The zero-order chi connectivity index (χ0) is 15.9. The van der Waals surface area contributed by atoms with Crippen molar-refractivity contribution in [3.63, 3.8) is 0 Å². The van der Waals surface area contributed by atoms with Crippen LogP contribution in [0.5, 0.6) is 5.75 Å². The van der Waals surface area contributed by atoms with Gasteiger partial charge in [0.2, 0.25) is 0 Å². The van der Waals surface area contributed by atoms with E-state index in [-0.39, 0.29) is 29.2 Å². The summed E-state index contributed by atoms with van der Waals surface area (Å²) in [6.45, 7) is 2.75. The number of carbonyl (C=O) groups excluding carboxylic acids is 1. The number of benzene rings is 1. The number of rotatable bonds is 2. The summed E-state index contributed by atoms with van der Waals surface area (Å²) in [5.74, 6) is -0.891. The first kappa shape index (κ1) is 14.5. The van der Waals surface area contributed by atoms with Crippen molar-refractivity contribution < 1.29 is 14.3 Å². The summed E-state index contributed by atoms with van der Waals surface area (Å²) in [7, 11) is 0. The van der Waals surface area contributed by atoms with Gasteiger partial charge in [-0.3, -0.25) is 4.79 Å². The van der Waals surface area contributed by atoms with Crippen LogP contribution in [0.4, 0.5) is 4.39 Å². The van der Waals surface area contributed by atoms with E-state index in [4.69, 9.17) is 5.73 Å². The summed E-state index contributed by atoms with van der Waals surface area (Å²) in [4.78, 5) is 13.9. The SMILES string of the molecule is Cc1cc(F)ccc1-n1cc(O)c(C(=O)N2CCC(N)C2)n1. The molecule has 1 amide bonds. The van der Waals surface area contributed by atoms with Crippen LogP contribution in [-0.4, -0.2) is 44.8 Å². The van der Waals surface area contributed by atoms with E-state index in [1.165, 1.54) is 23.0 Å². The van der Waals surface area contributed by atoms with Gasteiger partial charge in [-0.2, -0.15) is 5.10 Å². The quantitative estimate of drug-likeness (QED) is 0.873. The largest absolute Gasteiger partial charge is 0.504 e. The van der Waals surface area contributed by atoms with Crippen LogP contribution in [0.1, 0.15) is 22.5 Å². The molecule has 1 aliphatic heterocycles. The third kappa shape index (κ3) is 2.55. The highest BCUT2D eigenvalue weighted by Crippen LogP contribution is 2.23. The molecule has 0 spiro atoms. The highest BCUT2D eigenvalue weighted by atomic mass is 19.1. The van der Waals surface area contributed by atoms with Crippen molar-refractivity contribution in [1.82, 2.24) is 14.7 Å². The molecule has 2 heterocycles. The maximum Gasteiger partial charge on any atom is 0.278 e. The molecule has 1 saturated heterocycles. The summed E-state index contributed by atoms with van der Waals surface area (Å²) in [6, 6.07) is 4.20. The van der Waals surface area contributed by atoms with Crippen LogP contribution in [0.2, 0.25) is 0 Å². The van der Waals surface area contributed by atoms with Gasteiger partial charge in [0.1, 0.15) is 5.82 Å². The van der Waals surface area contributed by atoms with Crippen LogP contribution in [0.3, 0.4) is 0 Å². The lowest BCUT2D eigenvalue weighted by atomic mass is 10.2. The third-order valence-electron chi connectivity index (χ3n) is 3.82. The van der Waals surface area contributed by atoms with Crippen molar-refractivity contribution in [2.45, 2.75) is 19.4 Å². The molecule has 0 aliphatic carbocycles. The lowest BCUT2D eigenvalue weighted by Crippen LogP contribution is -2.32. The number of likely N-dealkylation sites (tertiary alicyclic amines) is 1. The molecule has 1 aliphatic rings. The first-order valence-electron chi connectivity index (χ1n) is 7.05. The zero-order valence-electron chi connectivity index (χ0n) is 12.2. The lowest BCUT2D eigenvalue weighted by molar-refractivity contribution is 0.0781. The number of nitrogens with zero attached hydrogens (tertiary/aromatic N) is 3. The average Bonchev–Trinajstić information content (AvgIpc) is 3.04. The molecule has 116 valence electrons. The van der Waals surface area contributed by atoms with Crippen LogP contribution in [-0.2, 0) is 0 Å². The molecule has 6 nitrogen and oxygen atoms in total. The van der Waals surface area contributed by atoms with Gasteiger partial charge in [-0.15, -0.1) is 0 Å². The van der Waals surface area contributed by atoms with Crippen molar-refractivity contribution in [2.24, 2.45) is 5.73 Å². The molecule has 0 saturated carbocycles. The van der Waals surface area contributed by atoms with Crippen LogP contribution in [0.15, 0.2) is 24.4 Å². The van der Waals surface area contributed by atoms with Crippen LogP contribution < -0.4 is 5.73 Å². The Bertz CT molecular complexity index is 728. The van der Waals surface area contributed by atoms with Crippen LogP contribution >= 0.6 is 0 Å². The molecule has 0 bridgehead atoms. The summed E-state index contributed by atoms with van der Waals surface area (Å²) in [5, 5.41) is 14.2. The molecule has 3 rings (SSSR count). The number of aryl methyl sites for hydroxylation is 1. The predicted octanol–water partition coefficient (Wildman–Crippen LogP) is 1.20. The maximum absolute atomic E-state index is 13.2. The number of aromatic hydroxyl groups is 1. The molecule has 2 aromatic rings. The second-order valence-electron chi connectivity index (χ2n) is 5.54. The normalized spacial score (nSPS) is 18.0. The summed E-state index contributed by atoms with van der Waals surface area (Å²) < 4.78 is 14.5. The van der Waals surface area contributed by atoms with E-state index in [0.29, 0.717) is 24.3 Å². The minimum absolute atomic E-state index is 0.0159. The number of halogens is 1. The molecule has 0 radical (unpaired) electrons. The molecule has 1 aromatic heterocycles. The molecule has 22 heavy (non-hydrogen) atoms. The number of carbonyl (C=O) groups is 1. The molecule has 1 atom stereocenters. The van der Waals surface area contributed by atoms with Crippen molar-refractivity contribution in [3.8, 4) is 11.4 Å². The fourth-order valence-corrected chi connectivity index (χ4v) is 2.64. The second-order valence-corrected chi connectivity index (χ2v) is 5.54. The fourth-order valence-electron chi connectivity index (χ4n) is 2.64. The zero-order valence-corrected chi connectivity index (χ0v) is 12.2. The van der Waals surface area contributed by atoms with Crippen molar-refractivity contribution in [3.05, 3.63) is 41.5 Å². The highest BCUT2D eigenvalue weighted by molar-refractivity contribution is 5.95. The topological polar surface area (TPSA) is 84.4 Å². The van der Waals surface area contributed by atoms with Gasteiger partial charge in [0.05, 0.1) is 11.9 Å². The van der Waals surface area contributed by atoms with E-state index < -0.39 is 0 Å². The Labute approximate surface area is 127 Å². The van der Waals surface area contributed by atoms with E-state index in [1.54, 1.807) is 17.9 Å². The van der Waals surface area contributed by atoms with Gasteiger partial charge >= 0.3 is 0 Å². The van der Waals surface area contributed by atoms with E-state index in [0.717, 1.165) is 6.42 Å². The fraction of sp³-hybridized carbons (Fsp3) is 0.333. The van der Waals surface area contributed by atoms with Crippen molar-refractivity contribution in [1.29, 1.82) is 0 Å². The maximum atomic E-state index is 13.2. The third-order valence-corrected chi connectivity index (χ3v) is 3.82. The molecule has 1 unspecified atom stereocenters. The van der Waals surface area contributed by atoms with Gasteiger partial charge in [-0.25, -0.2) is 9.07 Å². The summed E-state index contributed by atoms with van der Waals surface area (Å²) in [6.07, 6.45) is 2.09. The molecule has 1 fully saturated rings. The van der Waals surface area contributed by atoms with E-state index in [9.17, 15) is 14.3 Å². The smallest absolute Gasteiger partial charge is 0.278 e. The van der Waals surface area contributed by atoms with Crippen molar-refractivity contribution >= 4 is 5.91 Å². The first-order valence-corrected chi connectivity index (χ1v) is 7.05. The van der Waals surface area contributed by atoms with E-state index in [2.05, 4.69) is 5.10 Å². The number of amides is 1. The molecule has 7 heteroatoms. The Morgan fingerprint density at radius 1 is 1.50 bits per heavy atom. The minimum atomic E-state index is -0.347. The summed E-state index contributed by atoms with van der Waals surface area (Å²) >= 11 is 0. The number of hydrogen-bond donors (Lipinski definition) is 2. The standard InChI is InChI=1S/C15H17FN4O2/c1-9-6-10(16)2-3-12(9)20-8-13(21)14(18-20)15(22)19-5-4-11(17)7-19/h2-3,6,8,11,21H,4-5,7,17H2,1H3. The van der Waals surface area contributed by atoms with Gasteiger partial charge in [0.15, 0.2) is 11.4 Å². The van der Waals surface area contributed by atoms with Gasteiger partial charge in [-0.1, -0.05) is 0 Å². The second kappa shape index (κ2) is 5.42. The van der Waals surface area contributed by atoms with E-state index in [1.807, 2.05) is 0 Å². The van der Waals surface area contributed by atoms with Gasteiger partial charge < -0.3 is 15.7 Å². The predicted molar refractivity (Wildman–Crippen MR) is 78.4 cm³/mol. The Balaban J connectivity index is 1.92. The molecular formula is C15H17FN4O2. The average molecular weight is 304 g/mol. The Kier molecular flexibility index (Phi) is 3.58.